The van der Waals surface area contributed by atoms with Gasteiger partial charge in [-0.2, -0.15) is 0 Å². The van der Waals surface area contributed by atoms with Crippen molar-refractivity contribution in [3.63, 3.8) is 0 Å². The van der Waals surface area contributed by atoms with Crippen LogP contribution in [0.2, 0.25) is 0 Å². The van der Waals surface area contributed by atoms with Gasteiger partial charge in [0.05, 0.1) is 11.6 Å². The van der Waals surface area contributed by atoms with Gasteiger partial charge >= 0.3 is 6.03 Å². The van der Waals surface area contributed by atoms with Crippen molar-refractivity contribution in [1.82, 2.24) is 10.6 Å². The zero-order valence-corrected chi connectivity index (χ0v) is 17.4. The van der Waals surface area contributed by atoms with Crippen LogP contribution in [0.5, 0.6) is 5.75 Å². The monoisotopic (exact) mass is 431 g/mol. The Kier molecular flexibility index (Phi) is 6.17. The van der Waals surface area contributed by atoms with Crippen LogP contribution < -0.4 is 20.7 Å². The highest BCUT2D eigenvalue weighted by Crippen LogP contribution is 2.34. The number of carbonyl (C=O) groups is 2. The standard InChI is InChI=1S/C25H22FN3O3/c1-16-22(24(30)28-19-13-11-18(26)12-14-19)23(29-25(31)27-16)20-9-5-6-10-21(20)32-15-17-7-3-2-4-8-17/h2-14,23H,15H2,1H3,(H,28,30)(H2,27,29,31)/t23-/m0/s1. The molecule has 7 heteroatoms. The highest BCUT2D eigenvalue weighted by atomic mass is 19.1. The minimum absolute atomic E-state index is 0.338. The Bertz CT molecular complexity index is 1160. The summed E-state index contributed by atoms with van der Waals surface area (Å²) in [6.45, 7) is 2.01. The summed E-state index contributed by atoms with van der Waals surface area (Å²) < 4.78 is 19.3. The Labute approximate surface area is 185 Å². The average molecular weight is 431 g/mol. The molecule has 0 saturated carbocycles. The number of carbonyl (C=O) groups excluding carboxylic acids is 2. The highest BCUT2D eigenvalue weighted by Gasteiger charge is 2.33. The van der Waals surface area contributed by atoms with E-state index in [2.05, 4.69) is 16.0 Å². The van der Waals surface area contributed by atoms with Gasteiger partial charge in [-0.05, 0) is 42.8 Å². The molecule has 1 aliphatic heterocycles. The van der Waals surface area contributed by atoms with Gasteiger partial charge in [0.25, 0.3) is 5.91 Å². The predicted octanol–water partition coefficient (Wildman–Crippen LogP) is 4.67. The lowest BCUT2D eigenvalue weighted by Crippen LogP contribution is -2.46. The Morgan fingerprint density at radius 3 is 2.44 bits per heavy atom. The SMILES string of the molecule is CC1=C(C(=O)Nc2ccc(F)cc2)[C@H](c2ccccc2OCc2ccccc2)NC(=O)N1. The van der Waals surface area contributed by atoms with E-state index in [9.17, 15) is 14.0 Å². The van der Waals surface area contributed by atoms with E-state index in [0.717, 1.165) is 5.56 Å². The minimum Gasteiger partial charge on any atom is -0.489 e. The molecule has 32 heavy (non-hydrogen) atoms. The number of ether oxygens (including phenoxy) is 1. The molecule has 0 radical (unpaired) electrons. The quantitative estimate of drug-likeness (QED) is 0.531. The number of urea groups is 1. The zero-order chi connectivity index (χ0) is 22.5. The van der Waals surface area contributed by atoms with Crippen LogP contribution in [0.4, 0.5) is 14.9 Å². The van der Waals surface area contributed by atoms with E-state index in [-0.39, 0.29) is 0 Å². The summed E-state index contributed by atoms with van der Waals surface area (Å²) in [5.41, 5.74) is 2.86. The number of hydrogen-bond donors (Lipinski definition) is 3. The fourth-order valence-electron chi connectivity index (χ4n) is 3.55. The number of allylic oxidation sites excluding steroid dienone is 1. The molecule has 6 nitrogen and oxygen atoms in total. The lowest BCUT2D eigenvalue weighted by molar-refractivity contribution is -0.113. The van der Waals surface area contributed by atoms with Crippen molar-refractivity contribution in [3.8, 4) is 5.75 Å². The summed E-state index contributed by atoms with van der Waals surface area (Å²) in [6.07, 6.45) is 0. The second-order valence-electron chi connectivity index (χ2n) is 7.34. The topological polar surface area (TPSA) is 79.5 Å². The van der Waals surface area contributed by atoms with Gasteiger partial charge in [0.1, 0.15) is 18.2 Å². The number of halogens is 1. The number of para-hydroxylation sites is 1. The van der Waals surface area contributed by atoms with E-state index >= 15 is 0 Å². The molecule has 1 atom stereocenters. The van der Waals surface area contributed by atoms with Gasteiger partial charge < -0.3 is 20.7 Å². The average Bonchev–Trinajstić information content (AvgIpc) is 2.79. The van der Waals surface area contributed by atoms with Crippen molar-refractivity contribution >= 4 is 17.6 Å². The fourth-order valence-corrected chi connectivity index (χ4v) is 3.55. The first kappa shape index (κ1) is 21.1. The molecule has 3 aromatic rings. The highest BCUT2D eigenvalue weighted by molar-refractivity contribution is 6.06. The van der Waals surface area contributed by atoms with Crippen LogP contribution in [-0.4, -0.2) is 11.9 Å². The molecule has 3 aromatic carbocycles. The summed E-state index contributed by atoms with van der Waals surface area (Å²) in [7, 11) is 0. The number of rotatable bonds is 6. The molecular weight excluding hydrogens is 409 g/mol. The van der Waals surface area contributed by atoms with Gasteiger partial charge in [-0.25, -0.2) is 9.18 Å². The Balaban J connectivity index is 1.63. The molecule has 3 N–H and O–H groups in total. The van der Waals surface area contributed by atoms with Gasteiger partial charge in [0, 0.05) is 16.9 Å². The lowest BCUT2D eigenvalue weighted by atomic mass is 9.94. The number of amides is 3. The van der Waals surface area contributed by atoms with E-state index in [0.29, 0.717) is 34.9 Å². The summed E-state index contributed by atoms with van der Waals surface area (Å²) >= 11 is 0. The molecule has 0 aromatic heterocycles. The molecule has 162 valence electrons. The van der Waals surface area contributed by atoms with E-state index < -0.39 is 23.8 Å². The molecule has 0 fully saturated rings. The van der Waals surface area contributed by atoms with Gasteiger partial charge in [0.2, 0.25) is 0 Å². The smallest absolute Gasteiger partial charge is 0.319 e. The number of nitrogens with one attached hydrogen (secondary N) is 3. The lowest BCUT2D eigenvalue weighted by Gasteiger charge is -2.29. The second-order valence-corrected chi connectivity index (χ2v) is 7.34. The van der Waals surface area contributed by atoms with E-state index in [1.165, 1.54) is 24.3 Å². The third-order valence-electron chi connectivity index (χ3n) is 5.08. The van der Waals surface area contributed by atoms with Crippen LogP contribution in [0.3, 0.4) is 0 Å². The molecule has 1 aliphatic rings. The van der Waals surface area contributed by atoms with Crippen molar-refractivity contribution in [1.29, 1.82) is 0 Å². The summed E-state index contributed by atoms with van der Waals surface area (Å²) in [4.78, 5) is 25.4. The van der Waals surface area contributed by atoms with Gasteiger partial charge in [-0.15, -0.1) is 0 Å². The maximum Gasteiger partial charge on any atom is 0.319 e. The molecular formula is C25H22FN3O3. The van der Waals surface area contributed by atoms with Crippen LogP contribution in [0.1, 0.15) is 24.1 Å². The van der Waals surface area contributed by atoms with Crippen molar-refractivity contribution < 1.29 is 18.7 Å². The van der Waals surface area contributed by atoms with Crippen molar-refractivity contribution in [2.75, 3.05) is 5.32 Å². The van der Waals surface area contributed by atoms with Crippen molar-refractivity contribution in [2.24, 2.45) is 0 Å². The first-order valence-corrected chi connectivity index (χ1v) is 10.1. The first-order valence-electron chi connectivity index (χ1n) is 10.1. The maximum atomic E-state index is 13.2. The van der Waals surface area contributed by atoms with Crippen molar-refractivity contribution in [2.45, 2.75) is 19.6 Å². The van der Waals surface area contributed by atoms with Crippen LogP contribution >= 0.6 is 0 Å². The third-order valence-corrected chi connectivity index (χ3v) is 5.08. The van der Waals surface area contributed by atoms with Crippen LogP contribution in [0, 0.1) is 5.82 Å². The normalized spacial score (nSPS) is 15.6. The van der Waals surface area contributed by atoms with E-state index in [4.69, 9.17) is 4.74 Å². The van der Waals surface area contributed by atoms with E-state index in [1.807, 2.05) is 48.5 Å². The Morgan fingerprint density at radius 1 is 1.00 bits per heavy atom. The molecule has 0 unspecified atom stereocenters. The summed E-state index contributed by atoms with van der Waals surface area (Å²) in [5, 5.41) is 8.23. The Morgan fingerprint density at radius 2 is 1.69 bits per heavy atom. The predicted molar refractivity (Wildman–Crippen MR) is 119 cm³/mol. The molecule has 0 saturated heterocycles. The minimum atomic E-state index is -0.726. The van der Waals surface area contributed by atoms with Crippen molar-refractivity contribution in [3.05, 3.63) is 107 Å². The largest absolute Gasteiger partial charge is 0.489 e. The molecule has 0 aliphatic carbocycles. The summed E-state index contributed by atoms with van der Waals surface area (Å²) in [6, 6.07) is 21.3. The third kappa shape index (κ3) is 4.78. The Hall–Kier alpha value is -4.13. The van der Waals surface area contributed by atoms with Gasteiger partial charge in [-0.3, -0.25) is 4.79 Å². The molecule has 0 bridgehead atoms. The number of anilines is 1. The first-order chi connectivity index (χ1) is 15.5. The molecule has 0 spiro atoms. The fraction of sp³-hybridized carbons (Fsp3) is 0.120. The van der Waals surface area contributed by atoms with Crippen LogP contribution in [0.25, 0.3) is 0 Å². The van der Waals surface area contributed by atoms with Gasteiger partial charge in [-0.1, -0.05) is 48.5 Å². The van der Waals surface area contributed by atoms with E-state index in [1.54, 1.807) is 13.0 Å². The molecule has 1 heterocycles. The summed E-state index contributed by atoms with van der Waals surface area (Å²) in [5.74, 6) is -0.250. The molecule has 3 amide bonds. The van der Waals surface area contributed by atoms with Crippen LogP contribution in [0.15, 0.2) is 90.1 Å². The molecule has 4 rings (SSSR count). The number of benzene rings is 3. The number of hydrogen-bond acceptors (Lipinski definition) is 3. The zero-order valence-electron chi connectivity index (χ0n) is 17.4. The second kappa shape index (κ2) is 9.34. The van der Waals surface area contributed by atoms with Crippen LogP contribution in [-0.2, 0) is 11.4 Å². The maximum absolute atomic E-state index is 13.2. The van der Waals surface area contributed by atoms with Gasteiger partial charge in [0.15, 0.2) is 0 Å².